The van der Waals surface area contributed by atoms with Crippen LogP contribution in [0, 0.1) is 5.92 Å². The van der Waals surface area contributed by atoms with Gasteiger partial charge in [0.05, 0.1) is 33.0 Å². The van der Waals surface area contributed by atoms with Crippen molar-refractivity contribution in [3.05, 3.63) is 71.8 Å². The number of carbonyl (C=O) groups is 1. The Kier molecular flexibility index (Phi) is 8.73. The molecule has 0 saturated carbocycles. The molecule has 9 unspecified atom stereocenters. The predicted octanol–water partition coefficient (Wildman–Crippen LogP) is 3.32. The number of methoxy groups -OCH3 is 1. The van der Waals surface area contributed by atoms with Gasteiger partial charge in [-0.05, 0) is 38.8 Å². The van der Waals surface area contributed by atoms with Gasteiger partial charge in [-0.2, -0.15) is 5.06 Å². The van der Waals surface area contributed by atoms with Gasteiger partial charge < -0.3 is 42.6 Å². The summed E-state index contributed by atoms with van der Waals surface area (Å²) in [4.78, 5) is 20.9. The first-order valence-corrected chi connectivity index (χ1v) is 15.9. The second-order valence-corrected chi connectivity index (χ2v) is 13.3. The van der Waals surface area contributed by atoms with E-state index in [0.29, 0.717) is 13.2 Å². The standard InChI is InChI=1S/C34H43NO11/c1-32(2)41-19-24(42-32)28-29-30(40-20-39-29)34(45-28)25(31(36)37-5)26(35(46-34)16-21-12-8-6-9-13-21)27-23(43-33(3,4)44-27)18-38-17-22-14-10-7-11-15-22/h6-15,23-30H,16-20H2,1-5H3. The van der Waals surface area contributed by atoms with Gasteiger partial charge in [0, 0.05) is 6.54 Å². The van der Waals surface area contributed by atoms with Gasteiger partial charge in [-0.15, -0.1) is 0 Å². The van der Waals surface area contributed by atoms with Crippen LogP contribution in [-0.2, 0) is 65.4 Å². The molecule has 9 atom stereocenters. The summed E-state index contributed by atoms with van der Waals surface area (Å²) < 4.78 is 55.8. The Morgan fingerprint density at radius 2 is 1.57 bits per heavy atom. The molecular weight excluding hydrogens is 598 g/mol. The molecule has 46 heavy (non-hydrogen) atoms. The van der Waals surface area contributed by atoms with Gasteiger partial charge in [0.1, 0.15) is 49.3 Å². The van der Waals surface area contributed by atoms with E-state index in [1.54, 1.807) is 5.06 Å². The molecule has 0 radical (unpaired) electrons. The van der Waals surface area contributed by atoms with Crippen molar-refractivity contribution >= 4 is 5.97 Å². The highest BCUT2D eigenvalue weighted by molar-refractivity contribution is 5.75. The first-order valence-electron chi connectivity index (χ1n) is 15.9. The van der Waals surface area contributed by atoms with Crippen LogP contribution >= 0.6 is 0 Å². The Labute approximate surface area is 268 Å². The number of nitrogens with zero attached hydrogens (tertiary/aromatic N) is 1. The zero-order valence-electron chi connectivity index (χ0n) is 26.9. The fourth-order valence-electron chi connectivity index (χ4n) is 7.36. The smallest absolute Gasteiger partial charge is 0.316 e. The number of hydrogen-bond donors (Lipinski definition) is 0. The lowest BCUT2D eigenvalue weighted by Crippen LogP contribution is -2.55. The lowest BCUT2D eigenvalue weighted by molar-refractivity contribution is -0.340. The highest BCUT2D eigenvalue weighted by Crippen LogP contribution is 2.54. The van der Waals surface area contributed by atoms with Crippen molar-refractivity contribution < 1.29 is 52.3 Å². The second-order valence-electron chi connectivity index (χ2n) is 13.3. The molecule has 12 heteroatoms. The molecule has 5 heterocycles. The maximum atomic E-state index is 14.0. The van der Waals surface area contributed by atoms with Gasteiger partial charge in [-0.3, -0.25) is 9.63 Å². The number of rotatable bonds is 9. The SMILES string of the molecule is COC(=O)C1C(C2OC(C)(C)OC2COCc2ccccc2)N(Cc2ccccc2)OC12OC(C1COC(C)(C)O1)C1OCOC12. The van der Waals surface area contributed by atoms with Crippen LogP contribution in [-0.4, -0.2) is 98.2 Å². The molecule has 2 aromatic carbocycles. The molecule has 0 amide bonds. The number of hydroxylamine groups is 2. The fraction of sp³-hybridized carbons (Fsp3) is 0.618. The van der Waals surface area contributed by atoms with Gasteiger partial charge in [0.15, 0.2) is 11.6 Å². The molecule has 12 nitrogen and oxygen atoms in total. The van der Waals surface area contributed by atoms with E-state index in [2.05, 4.69) is 0 Å². The molecule has 5 fully saturated rings. The van der Waals surface area contributed by atoms with Gasteiger partial charge in [0.25, 0.3) is 0 Å². The Bertz CT molecular complexity index is 1360. The first kappa shape index (κ1) is 32.1. The number of hydrogen-bond acceptors (Lipinski definition) is 12. The monoisotopic (exact) mass is 641 g/mol. The number of carbonyl (C=O) groups excluding carboxylic acids is 1. The van der Waals surface area contributed by atoms with Crippen molar-refractivity contribution in [3.8, 4) is 0 Å². The molecular formula is C34H43NO11. The van der Waals surface area contributed by atoms with Gasteiger partial charge in [0.2, 0.25) is 5.79 Å². The molecule has 7 rings (SSSR count). The predicted molar refractivity (Wildman–Crippen MR) is 159 cm³/mol. The van der Waals surface area contributed by atoms with Crippen LogP contribution in [0.2, 0.25) is 0 Å². The highest BCUT2D eigenvalue weighted by Gasteiger charge is 2.75. The van der Waals surface area contributed by atoms with Crippen LogP contribution in [0.15, 0.2) is 60.7 Å². The third-order valence-electron chi connectivity index (χ3n) is 9.20. The van der Waals surface area contributed by atoms with Crippen LogP contribution in [0.4, 0.5) is 0 Å². The van der Waals surface area contributed by atoms with E-state index in [1.807, 2.05) is 88.4 Å². The van der Waals surface area contributed by atoms with Crippen molar-refractivity contribution in [1.29, 1.82) is 0 Å². The van der Waals surface area contributed by atoms with Crippen LogP contribution in [0.25, 0.3) is 0 Å². The van der Waals surface area contributed by atoms with E-state index in [9.17, 15) is 4.79 Å². The topological polar surface area (TPSA) is 113 Å². The number of ether oxygens (including phenoxy) is 9. The molecule has 5 aliphatic heterocycles. The Hall–Kier alpha value is -2.49. The molecule has 250 valence electrons. The Morgan fingerprint density at radius 1 is 0.848 bits per heavy atom. The summed E-state index contributed by atoms with van der Waals surface area (Å²) in [6, 6.07) is 19.0. The minimum Gasteiger partial charge on any atom is -0.469 e. The quantitative estimate of drug-likeness (QED) is 0.375. The lowest BCUT2D eigenvalue weighted by Gasteiger charge is -2.33. The average Bonchev–Trinajstić information content (AvgIpc) is 3.84. The molecule has 0 bridgehead atoms. The minimum absolute atomic E-state index is 0.0144. The molecule has 5 saturated heterocycles. The maximum Gasteiger partial charge on any atom is 0.316 e. The van der Waals surface area contributed by atoms with E-state index >= 15 is 0 Å². The summed E-state index contributed by atoms with van der Waals surface area (Å²) in [7, 11) is 1.36. The van der Waals surface area contributed by atoms with E-state index in [0.717, 1.165) is 11.1 Å². The van der Waals surface area contributed by atoms with Crippen molar-refractivity contribution in [3.63, 3.8) is 0 Å². The second kappa shape index (κ2) is 12.5. The molecule has 0 N–H and O–H groups in total. The van der Waals surface area contributed by atoms with Crippen LogP contribution in [0.1, 0.15) is 38.8 Å². The lowest BCUT2D eigenvalue weighted by atomic mass is 9.83. The van der Waals surface area contributed by atoms with E-state index in [4.69, 9.17) is 47.5 Å². The van der Waals surface area contributed by atoms with Crippen molar-refractivity contribution in [2.24, 2.45) is 5.92 Å². The highest BCUT2D eigenvalue weighted by atomic mass is 16.9. The number of fused-ring (bicyclic) bond motifs is 2. The van der Waals surface area contributed by atoms with Gasteiger partial charge in [-0.1, -0.05) is 60.7 Å². The molecule has 2 aromatic rings. The Morgan fingerprint density at radius 3 is 2.24 bits per heavy atom. The molecule has 0 aliphatic carbocycles. The summed E-state index contributed by atoms with van der Waals surface area (Å²) in [5.74, 6) is -4.92. The van der Waals surface area contributed by atoms with Crippen LogP contribution in [0.3, 0.4) is 0 Å². The number of esters is 1. The van der Waals surface area contributed by atoms with Crippen molar-refractivity contribution in [2.45, 2.75) is 101 Å². The van der Waals surface area contributed by atoms with E-state index in [-0.39, 0.29) is 20.0 Å². The minimum atomic E-state index is -1.61. The fourth-order valence-corrected chi connectivity index (χ4v) is 7.36. The van der Waals surface area contributed by atoms with Crippen LogP contribution < -0.4 is 0 Å². The van der Waals surface area contributed by atoms with Gasteiger partial charge >= 0.3 is 5.97 Å². The van der Waals surface area contributed by atoms with E-state index < -0.39 is 71.9 Å². The van der Waals surface area contributed by atoms with E-state index in [1.165, 1.54) is 7.11 Å². The summed E-state index contributed by atoms with van der Waals surface area (Å²) in [5, 5.41) is 1.76. The third kappa shape index (κ3) is 6.00. The summed E-state index contributed by atoms with van der Waals surface area (Å²) in [6.45, 7) is 8.63. The van der Waals surface area contributed by atoms with Gasteiger partial charge in [-0.25, -0.2) is 0 Å². The molecule has 1 spiro atoms. The van der Waals surface area contributed by atoms with Crippen molar-refractivity contribution in [1.82, 2.24) is 5.06 Å². The maximum absolute atomic E-state index is 14.0. The average molecular weight is 642 g/mol. The third-order valence-corrected chi connectivity index (χ3v) is 9.20. The summed E-state index contributed by atoms with van der Waals surface area (Å²) >= 11 is 0. The zero-order chi connectivity index (χ0) is 32.1. The van der Waals surface area contributed by atoms with Crippen molar-refractivity contribution in [2.75, 3.05) is 27.1 Å². The molecule has 0 aromatic heterocycles. The normalized spacial score (nSPS) is 38.0. The zero-order valence-corrected chi connectivity index (χ0v) is 26.9. The first-order chi connectivity index (χ1) is 22.1. The summed E-state index contributed by atoms with van der Waals surface area (Å²) in [5.41, 5.74) is 2.00. The largest absolute Gasteiger partial charge is 0.469 e. The number of benzene rings is 2. The summed E-state index contributed by atoms with van der Waals surface area (Å²) in [6.07, 6.45) is -3.67. The van der Waals surface area contributed by atoms with Crippen LogP contribution in [0.5, 0.6) is 0 Å². The Balaban J connectivity index is 1.25. The molecule has 5 aliphatic rings.